The highest BCUT2D eigenvalue weighted by atomic mass is 16.5. The van der Waals surface area contributed by atoms with Gasteiger partial charge in [-0.05, 0) is 12.8 Å². The van der Waals surface area contributed by atoms with E-state index in [1.807, 2.05) is 0 Å². The van der Waals surface area contributed by atoms with Crippen LogP contribution >= 0.6 is 0 Å². The summed E-state index contributed by atoms with van der Waals surface area (Å²) < 4.78 is 4.60. The van der Waals surface area contributed by atoms with E-state index < -0.39 is 35.8 Å². The number of carbonyl (C=O) groups excluding carboxylic acids is 3. The number of esters is 1. The zero-order chi connectivity index (χ0) is 16.0. The second kappa shape index (κ2) is 7.46. The van der Waals surface area contributed by atoms with Gasteiger partial charge in [0.25, 0.3) is 0 Å². The van der Waals surface area contributed by atoms with Crippen LogP contribution in [-0.4, -0.2) is 60.1 Å². The highest BCUT2D eigenvalue weighted by Gasteiger charge is 2.33. The van der Waals surface area contributed by atoms with Crippen molar-refractivity contribution in [3.8, 4) is 0 Å². The molecule has 1 fully saturated rings. The molecule has 1 rings (SSSR count). The Labute approximate surface area is 121 Å². The molecule has 0 radical (unpaired) electrons. The fourth-order valence-corrected chi connectivity index (χ4v) is 2.09. The van der Waals surface area contributed by atoms with Crippen LogP contribution in [0.25, 0.3) is 0 Å². The Bertz CT molecular complexity index is 439. The van der Waals surface area contributed by atoms with Crippen LogP contribution in [0, 0.1) is 5.92 Å². The van der Waals surface area contributed by atoms with Gasteiger partial charge in [-0.2, -0.15) is 0 Å². The molecule has 0 aromatic heterocycles. The van der Waals surface area contributed by atoms with E-state index in [0.717, 1.165) is 0 Å². The molecular weight excluding hydrogens is 282 g/mol. The minimum absolute atomic E-state index is 0.0787. The number of urea groups is 1. The second-order valence-electron chi connectivity index (χ2n) is 4.80. The van der Waals surface area contributed by atoms with E-state index in [9.17, 15) is 19.2 Å². The van der Waals surface area contributed by atoms with Crippen molar-refractivity contribution in [2.75, 3.05) is 20.2 Å². The lowest BCUT2D eigenvalue weighted by atomic mass is 10.1. The Hall–Kier alpha value is -2.32. The molecule has 2 atom stereocenters. The number of nitrogens with two attached hydrogens (primary N) is 1. The normalized spacial score (nSPS) is 18.9. The summed E-state index contributed by atoms with van der Waals surface area (Å²) >= 11 is 0. The number of nitrogens with one attached hydrogen (secondary N) is 1. The maximum absolute atomic E-state index is 11.9. The summed E-state index contributed by atoms with van der Waals surface area (Å²) in [5.74, 6) is -2.67. The van der Waals surface area contributed by atoms with Gasteiger partial charge < -0.3 is 25.8 Å². The number of carbonyl (C=O) groups is 4. The molecule has 3 amide bonds. The summed E-state index contributed by atoms with van der Waals surface area (Å²) in [5, 5.41) is 11.3. The molecule has 0 aliphatic carbocycles. The molecule has 0 spiro atoms. The molecule has 1 aliphatic heterocycles. The Morgan fingerprint density at radius 1 is 1.43 bits per heavy atom. The molecule has 0 aromatic carbocycles. The average molecular weight is 301 g/mol. The standard InChI is InChI=1S/C12H19N3O6/c1-21-11(19)7-4-5-15(6-7)12(20)14-8(10(17)18)2-3-9(13)16/h7-8H,2-6H2,1H3,(H2,13,16)(H,14,20)(H,17,18). The molecule has 0 aromatic rings. The molecule has 9 nitrogen and oxygen atoms in total. The van der Waals surface area contributed by atoms with Gasteiger partial charge in [-0.15, -0.1) is 0 Å². The lowest BCUT2D eigenvalue weighted by Gasteiger charge is -2.20. The van der Waals surface area contributed by atoms with E-state index in [1.165, 1.54) is 12.0 Å². The molecule has 1 heterocycles. The van der Waals surface area contributed by atoms with Gasteiger partial charge >= 0.3 is 18.0 Å². The lowest BCUT2D eigenvalue weighted by Crippen LogP contribution is -2.47. The van der Waals surface area contributed by atoms with Crippen molar-refractivity contribution in [3.63, 3.8) is 0 Å². The first kappa shape index (κ1) is 16.7. The van der Waals surface area contributed by atoms with Crippen molar-refractivity contribution in [1.82, 2.24) is 10.2 Å². The van der Waals surface area contributed by atoms with Crippen molar-refractivity contribution in [2.45, 2.75) is 25.3 Å². The van der Waals surface area contributed by atoms with Crippen LogP contribution in [0.5, 0.6) is 0 Å². The molecule has 2 unspecified atom stereocenters. The number of carboxylic acid groups (broad SMARTS) is 1. The molecule has 4 N–H and O–H groups in total. The Morgan fingerprint density at radius 3 is 2.62 bits per heavy atom. The number of likely N-dealkylation sites (tertiary alicyclic amines) is 1. The molecule has 9 heteroatoms. The van der Waals surface area contributed by atoms with Gasteiger partial charge in [0.1, 0.15) is 6.04 Å². The number of nitrogens with zero attached hydrogens (tertiary/aromatic N) is 1. The summed E-state index contributed by atoms with van der Waals surface area (Å²) in [6.07, 6.45) is 0.256. The van der Waals surface area contributed by atoms with Crippen LogP contribution in [0.3, 0.4) is 0 Å². The second-order valence-corrected chi connectivity index (χ2v) is 4.80. The van der Waals surface area contributed by atoms with E-state index in [2.05, 4.69) is 10.1 Å². The zero-order valence-electron chi connectivity index (χ0n) is 11.7. The minimum atomic E-state index is -1.24. The number of hydrogen-bond donors (Lipinski definition) is 3. The Morgan fingerprint density at radius 2 is 2.10 bits per heavy atom. The fourth-order valence-electron chi connectivity index (χ4n) is 2.09. The number of amides is 3. The number of ether oxygens (including phenoxy) is 1. The van der Waals surface area contributed by atoms with Gasteiger partial charge in [-0.1, -0.05) is 0 Å². The van der Waals surface area contributed by atoms with Gasteiger partial charge in [0.15, 0.2) is 0 Å². The average Bonchev–Trinajstić information content (AvgIpc) is 2.91. The maximum atomic E-state index is 11.9. The van der Waals surface area contributed by atoms with E-state index >= 15 is 0 Å². The molecule has 118 valence electrons. The van der Waals surface area contributed by atoms with E-state index in [1.54, 1.807) is 0 Å². The van der Waals surface area contributed by atoms with Crippen LogP contribution in [0.1, 0.15) is 19.3 Å². The summed E-state index contributed by atoms with van der Waals surface area (Å²) in [5.41, 5.74) is 4.95. The van der Waals surface area contributed by atoms with Crippen molar-refractivity contribution in [2.24, 2.45) is 11.7 Å². The SMILES string of the molecule is COC(=O)C1CCN(C(=O)NC(CCC(N)=O)C(=O)O)C1. The maximum Gasteiger partial charge on any atom is 0.326 e. The summed E-state index contributed by atoms with van der Waals surface area (Å²) in [6.45, 7) is 0.522. The van der Waals surface area contributed by atoms with Gasteiger partial charge in [-0.25, -0.2) is 9.59 Å². The van der Waals surface area contributed by atoms with E-state index in [-0.39, 0.29) is 19.4 Å². The van der Waals surface area contributed by atoms with Crippen LogP contribution in [-0.2, 0) is 19.1 Å². The molecule has 1 aliphatic rings. The smallest absolute Gasteiger partial charge is 0.326 e. The predicted octanol–water partition coefficient (Wildman–Crippen LogP) is -1.09. The fraction of sp³-hybridized carbons (Fsp3) is 0.667. The van der Waals surface area contributed by atoms with Gasteiger partial charge in [0.05, 0.1) is 13.0 Å². The topological polar surface area (TPSA) is 139 Å². The third kappa shape index (κ3) is 4.93. The minimum Gasteiger partial charge on any atom is -0.480 e. The summed E-state index contributed by atoms with van der Waals surface area (Å²) in [6, 6.07) is -1.78. The van der Waals surface area contributed by atoms with Crippen LogP contribution in [0.15, 0.2) is 0 Å². The molecular formula is C12H19N3O6. The van der Waals surface area contributed by atoms with Gasteiger partial charge in [0.2, 0.25) is 5.91 Å². The molecule has 21 heavy (non-hydrogen) atoms. The third-order valence-corrected chi connectivity index (χ3v) is 3.29. The summed E-state index contributed by atoms with van der Waals surface area (Å²) in [4.78, 5) is 46.4. The molecule has 0 bridgehead atoms. The van der Waals surface area contributed by atoms with Gasteiger partial charge in [-0.3, -0.25) is 9.59 Å². The number of rotatable bonds is 6. The van der Waals surface area contributed by atoms with Crippen molar-refractivity contribution < 1.29 is 29.0 Å². The lowest BCUT2D eigenvalue weighted by molar-refractivity contribution is -0.145. The third-order valence-electron chi connectivity index (χ3n) is 3.29. The van der Waals surface area contributed by atoms with Crippen molar-refractivity contribution >= 4 is 23.9 Å². The number of aliphatic carboxylic acids is 1. The number of hydrogen-bond acceptors (Lipinski definition) is 5. The first-order valence-electron chi connectivity index (χ1n) is 6.49. The largest absolute Gasteiger partial charge is 0.480 e. The Kier molecular flexibility index (Phi) is 5.94. The highest BCUT2D eigenvalue weighted by molar-refractivity contribution is 5.84. The zero-order valence-corrected chi connectivity index (χ0v) is 11.7. The number of carboxylic acids is 1. The molecule has 0 saturated carbocycles. The summed E-state index contributed by atoms with van der Waals surface area (Å²) in [7, 11) is 1.27. The quantitative estimate of drug-likeness (QED) is 0.533. The number of primary amides is 1. The Balaban J connectivity index is 2.52. The molecule has 1 saturated heterocycles. The van der Waals surface area contributed by atoms with Crippen molar-refractivity contribution in [3.05, 3.63) is 0 Å². The van der Waals surface area contributed by atoms with Crippen molar-refractivity contribution in [1.29, 1.82) is 0 Å². The highest BCUT2D eigenvalue weighted by Crippen LogP contribution is 2.17. The van der Waals surface area contributed by atoms with E-state index in [4.69, 9.17) is 10.8 Å². The number of methoxy groups -OCH3 is 1. The van der Waals surface area contributed by atoms with Gasteiger partial charge in [0, 0.05) is 19.5 Å². The predicted molar refractivity (Wildman–Crippen MR) is 70.1 cm³/mol. The van der Waals surface area contributed by atoms with Crippen LogP contribution in [0.4, 0.5) is 4.79 Å². The first-order valence-corrected chi connectivity index (χ1v) is 6.49. The first-order chi connectivity index (χ1) is 9.85. The van der Waals surface area contributed by atoms with E-state index in [0.29, 0.717) is 13.0 Å². The monoisotopic (exact) mass is 301 g/mol. The van der Waals surface area contributed by atoms with Crippen LogP contribution in [0.2, 0.25) is 0 Å². The van der Waals surface area contributed by atoms with Crippen LogP contribution < -0.4 is 11.1 Å².